The molecular formula is C21H17BrN4O3. The third kappa shape index (κ3) is 3.79. The van der Waals surface area contributed by atoms with E-state index >= 15 is 0 Å². The van der Waals surface area contributed by atoms with Gasteiger partial charge in [0.15, 0.2) is 0 Å². The number of benzene rings is 2. The molecule has 1 amide bonds. The van der Waals surface area contributed by atoms with Crippen LogP contribution in [0.1, 0.15) is 27.5 Å². The van der Waals surface area contributed by atoms with Crippen molar-refractivity contribution in [3.63, 3.8) is 0 Å². The van der Waals surface area contributed by atoms with Crippen LogP contribution in [0.3, 0.4) is 0 Å². The number of carbonyl (C=O) groups excluding carboxylic acids is 1. The van der Waals surface area contributed by atoms with Crippen LogP contribution in [0, 0.1) is 6.92 Å². The topological polar surface area (TPSA) is 96.3 Å². The van der Waals surface area contributed by atoms with Gasteiger partial charge in [-0.1, -0.05) is 45.8 Å². The summed E-state index contributed by atoms with van der Waals surface area (Å²) in [7, 11) is 0. The maximum atomic E-state index is 12.8. The van der Waals surface area contributed by atoms with Gasteiger partial charge in [0, 0.05) is 10.2 Å². The number of carbonyl (C=O) groups is 2. The van der Waals surface area contributed by atoms with Gasteiger partial charge in [0.25, 0.3) is 5.91 Å². The van der Waals surface area contributed by atoms with Crippen molar-refractivity contribution in [1.29, 1.82) is 0 Å². The number of rotatable bonds is 4. The maximum Gasteiger partial charge on any atom is 0.352 e. The first-order valence-electron chi connectivity index (χ1n) is 8.85. The van der Waals surface area contributed by atoms with E-state index in [0.717, 1.165) is 15.6 Å². The van der Waals surface area contributed by atoms with Gasteiger partial charge >= 0.3 is 5.97 Å². The second-order valence-corrected chi connectivity index (χ2v) is 7.59. The molecule has 1 atom stereocenters. The first kappa shape index (κ1) is 18.9. The summed E-state index contributed by atoms with van der Waals surface area (Å²) in [5.74, 6) is -1.14. The Morgan fingerprint density at radius 2 is 1.83 bits per heavy atom. The zero-order valence-corrected chi connectivity index (χ0v) is 17.0. The van der Waals surface area contributed by atoms with E-state index in [0.29, 0.717) is 11.5 Å². The van der Waals surface area contributed by atoms with Gasteiger partial charge in [0.2, 0.25) is 0 Å². The number of hydrogen-bond donors (Lipinski definition) is 3. The van der Waals surface area contributed by atoms with E-state index in [-0.39, 0.29) is 17.2 Å². The number of nitrogens with one attached hydrogen (secondary N) is 2. The highest BCUT2D eigenvalue weighted by molar-refractivity contribution is 9.10. The van der Waals surface area contributed by atoms with Gasteiger partial charge < -0.3 is 15.7 Å². The van der Waals surface area contributed by atoms with Crippen molar-refractivity contribution in [1.82, 2.24) is 9.78 Å². The molecule has 4 rings (SSSR count). The normalized spacial score (nSPS) is 15.1. The Kier molecular flexibility index (Phi) is 4.94. The molecule has 29 heavy (non-hydrogen) atoms. The third-order valence-corrected chi connectivity index (χ3v) is 5.16. The van der Waals surface area contributed by atoms with Crippen LogP contribution in [0.2, 0.25) is 0 Å². The van der Waals surface area contributed by atoms with Crippen molar-refractivity contribution in [2.75, 3.05) is 10.6 Å². The van der Waals surface area contributed by atoms with Crippen LogP contribution in [-0.4, -0.2) is 26.8 Å². The molecule has 1 aliphatic rings. The number of amides is 1. The standard InChI is InChI=1S/C21H17BrN4O3/c1-12-2-8-15(9-3-12)24-20(27)16-11-23-26-18(13-4-6-14(22)7-5-13)10-17(21(28)29)25-19(16)26/h2-11,18,25H,1H3,(H,24,27)(H,28,29). The van der Waals surface area contributed by atoms with Crippen LogP contribution < -0.4 is 10.6 Å². The Morgan fingerprint density at radius 1 is 1.14 bits per heavy atom. The monoisotopic (exact) mass is 452 g/mol. The number of nitrogens with zero attached hydrogens (tertiary/aromatic N) is 2. The highest BCUT2D eigenvalue weighted by Crippen LogP contribution is 2.33. The number of anilines is 2. The Morgan fingerprint density at radius 3 is 2.48 bits per heavy atom. The lowest BCUT2D eigenvalue weighted by Gasteiger charge is -2.24. The quantitative estimate of drug-likeness (QED) is 0.551. The molecule has 0 bridgehead atoms. The molecule has 0 saturated heterocycles. The summed E-state index contributed by atoms with van der Waals surface area (Å²) < 4.78 is 2.52. The Labute approximate surface area is 175 Å². The zero-order valence-electron chi connectivity index (χ0n) is 15.4. The summed E-state index contributed by atoms with van der Waals surface area (Å²) in [6, 6.07) is 14.5. The number of carboxylic acids is 1. The number of halogens is 1. The molecular weight excluding hydrogens is 436 g/mol. The Balaban J connectivity index is 1.70. The fourth-order valence-electron chi connectivity index (χ4n) is 3.12. The number of allylic oxidation sites excluding steroid dienone is 1. The maximum absolute atomic E-state index is 12.8. The number of aryl methyl sites for hydroxylation is 1. The van der Waals surface area contributed by atoms with Crippen LogP contribution in [0.25, 0.3) is 0 Å². The van der Waals surface area contributed by atoms with Crippen LogP contribution in [0.5, 0.6) is 0 Å². The first-order valence-corrected chi connectivity index (χ1v) is 9.65. The molecule has 3 N–H and O–H groups in total. The number of aromatic nitrogens is 2. The van der Waals surface area contributed by atoms with E-state index in [1.165, 1.54) is 6.20 Å². The van der Waals surface area contributed by atoms with Crippen molar-refractivity contribution in [2.45, 2.75) is 13.0 Å². The molecule has 7 nitrogen and oxygen atoms in total. The molecule has 0 spiro atoms. The van der Waals surface area contributed by atoms with Crippen molar-refractivity contribution >= 4 is 39.3 Å². The second kappa shape index (κ2) is 7.56. The van der Waals surface area contributed by atoms with Crippen LogP contribution in [0.4, 0.5) is 11.5 Å². The fourth-order valence-corrected chi connectivity index (χ4v) is 3.38. The number of aliphatic carboxylic acids is 1. The number of hydrogen-bond acceptors (Lipinski definition) is 4. The van der Waals surface area contributed by atoms with Gasteiger partial charge in [-0.15, -0.1) is 0 Å². The number of fused-ring (bicyclic) bond motifs is 1. The highest BCUT2D eigenvalue weighted by atomic mass is 79.9. The van der Waals surface area contributed by atoms with Gasteiger partial charge in [0.05, 0.1) is 12.2 Å². The minimum atomic E-state index is -1.11. The molecule has 1 unspecified atom stereocenters. The summed E-state index contributed by atoms with van der Waals surface area (Å²) >= 11 is 3.40. The molecule has 0 saturated carbocycles. The van der Waals surface area contributed by atoms with E-state index in [4.69, 9.17) is 0 Å². The highest BCUT2D eigenvalue weighted by Gasteiger charge is 2.29. The first-order chi connectivity index (χ1) is 13.9. The second-order valence-electron chi connectivity index (χ2n) is 6.68. The van der Waals surface area contributed by atoms with E-state index in [9.17, 15) is 14.7 Å². The summed E-state index contributed by atoms with van der Waals surface area (Å²) in [6.07, 6.45) is 3.02. The van der Waals surface area contributed by atoms with E-state index in [1.54, 1.807) is 10.8 Å². The van der Waals surface area contributed by atoms with Crippen molar-refractivity contribution in [2.24, 2.45) is 0 Å². The van der Waals surface area contributed by atoms with Gasteiger partial charge in [-0.3, -0.25) is 4.79 Å². The summed E-state index contributed by atoms with van der Waals surface area (Å²) in [5.41, 5.74) is 2.84. The SMILES string of the molecule is Cc1ccc(NC(=O)c2cnn3c2NC(C(=O)O)=CC3c2ccc(Br)cc2)cc1. The molecule has 8 heteroatoms. The number of carboxylic acid groups (broad SMARTS) is 1. The van der Waals surface area contributed by atoms with Gasteiger partial charge in [-0.25, -0.2) is 9.48 Å². The zero-order chi connectivity index (χ0) is 20.5. The molecule has 3 aromatic rings. The summed E-state index contributed by atoms with van der Waals surface area (Å²) in [5, 5.41) is 19.5. The largest absolute Gasteiger partial charge is 0.477 e. The predicted molar refractivity (Wildman–Crippen MR) is 113 cm³/mol. The van der Waals surface area contributed by atoms with Crippen molar-refractivity contribution in [3.8, 4) is 0 Å². The minimum Gasteiger partial charge on any atom is -0.477 e. The lowest BCUT2D eigenvalue weighted by Crippen LogP contribution is -2.25. The lowest BCUT2D eigenvalue weighted by atomic mass is 10.0. The van der Waals surface area contributed by atoms with Gasteiger partial charge in [-0.05, 0) is 42.8 Å². The van der Waals surface area contributed by atoms with Crippen LogP contribution in [0.15, 0.2) is 71.0 Å². The van der Waals surface area contributed by atoms with Crippen molar-refractivity contribution in [3.05, 3.63) is 87.7 Å². The third-order valence-electron chi connectivity index (χ3n) is 4.63. The smallest absolute Gasteiger partial charge is 0.352 e. The summed E-state index contributed by atoms with van der Waals surface area (Å²) in [4.78, 5) is 24.5. The molecule has 146 valence electrons. The molecule has 2 heterocycles. The Hall–Kier alpha value is -3.39. The Bertz CT molecular complexity index is 1120. The minimum absolute atomic E-state index is 0.00435. The average molecular weight is 453 g/mol. The predicted octanol–water partition coefficient (Wildman–Crippen LogP) is 4.19. The molecule has 0 fully saturated rings. The van der Waals surface area contributed by atoms with Crippen molar-refractivity contribution < 1.29 is 14.7 Å². The molecule has 1 aromatic heterocycles. The van der Waals surface area contributed by atoms with Gasteiger partial charge in [-0.2, -0.15) is 5.10 Å². The van der Waals surface area contributed by atoms with E-state index in [1.807, 2.05) is 55.5 Å². The molecule has 0 radical (unpaired) electrons. The summed E-state index contributed by atoms with van der Waals surface area (Å²) in [6.45, 7) is 1.96. The van der Waals surface area contributed by atoms with Crippen LogP contribution in [-0.2, 0) is 4.79 Å². The molecule has 0 aliphatic carbocycles. The van der Waals surface area contributed by atoms with Crippen LogP contribution >= 0.6 is 15.9 Å². The fraction of sp³-hybridized carbons (Fsp3) is 0.0952. The average Bonchev–Trinajstić information content (AvgIpc) is 3.14. The molecule has 2 aromatic carbocycles. The lowest BCUT2D eigenvalue weighted by molar-refractivity contribution is -0.132. The molecule has 1 aliphatic heterocycles. The van der Waals surface area contributed by atoms with E-state index in [2.05, 4.69) is 31.7 Å². The van der Waals surface area contributed by atoms with Gasteiger partial charge in [0.1, 0.15) is 17.1 Å². The van der Waals surface area contributed by atoms with E-state index < -0.39 is 12.0 Å².